The van der Waals surface area contributed by atoms with Crippen LogP contribution >= 0.6 is 0 Å². The van der Waals surface area contributed by atoms with Crippen molar-refractivity contribution in [3.8, 4) is 11.6 Å². The number of aromatic nitrogens is 2. The molecule has 0 aliphatic carbocycles. The van der Waals surface area contributed by atoms with Gasteiger partial charge in [-0.05, 0) is 18.2 Å². The first-order chi connectivity index (χ1) is 7.74. The minimum Gasteiger partial charge on any atom is -0.481 e. The Kier molecular flexibility index (Phi) is 2.87. The summed E-state index contributed by atoms with van der Waals surface area (Å²) in [6.07, 6.45) is 0. The predicted octanol–water partition coefficient (Wildman–Crippen LogP) is 1.48. The monoisotopic (exact) mass is 221 g/mol. The van der Waals surface area contributed by atoms with Crippen molar-refractivity contribution >= 4 is 0 Å². The van der Waals surface area contributed by atoms with E-state index in [4.69, 9.17) is 10.5 Å². The van der Waals surface area contributed by atoms with Crippen molar-refractivity contribution in [2.45, 2.75) is 6.54 Å². The minimum absolute atomic E-state index is 0.315. The molecule has 4 nitrogen and oxygen atoms in total. The summed E-state index contributed by atoms with van der Waals surface area (Å²) in [6, 6.07) is 7.86. The molecule has 0 aliphatic rings. The molecule has 0 spiro atoms. The molecule has 0 fully saturated rings. The van der Waals surface area contributed by atoms with Gasteiger partial charge in [0, 0.05) is 12.6 Å². The molecule has 2 rings (SSSR count). The molecule has 84 valence electrons. The standard InChI is InChI=1S/C11H12FN3O/c1-16-11-6-9(7-13)14-15(11)10-4-2-3-8(12)5-10/h2-6H,7,13H2,1H3. The summed E-state index contributed by atoms with van der Waals surface area (Å²) >= 11 is 0. The number of benzene rings is 1. The van der Waals surface area contributed by atoms with Crippen LogP contribution in [0.1, 0.15) is 5.69 Å². The van der Waals surface area contributed by atoms with Gasteiger partial charge in [-0.25, -0.2) is 9.07 Å². The lowest BCUT2D eigenvalue weighted by atomic mass is 10.3. The van der Waals surface area contributed by atoms with Crippen LogP contribution in [-0.2, 0) is 6.54 Å². The van der Waals surface area contributed by atoms with Gasteiger partial charge in [-0.2, -0.15) is 5.10 Å². The number of halogens is 1. The van der Waals surface area contributed by atoms with E-state index in [9.17, 15) is 4.39 Å². The third-order valence-corrected chi connectivity index (χ3v) is 2.20. The Morgan fingerprint density at radius 3 is 2.88 bits per heavy atom. The molecule has 0 unspecified atom stereocenters. The van der Waals surface area contributed by atoms with Crippen LogP contribution in [0.4, 0.5) is 4.39 Å². The minimum atomic E-state index is -0.315. The summed E-state index contributed by atoms with van der Waals surface area (Å²) < 4.78 is 19.7. The van der Waals surface area contributed by atoms with Gasteiger partial charge < -0.3 is 10.5 Å². The van der Waals surface area contributed by atoms with Gasteiger partial charge in [-0.3, -0.25) is 0 Å². The lowest BCUT2D eigenvalue weighted by Crippen LogP contribution is -2.02. The maximum absolute atomic E-state index is 13.1. The van der Waals surface area contributed by atoms with E-state index in [-0.39, 0.29) is 5.82 Å². The average Bonchev–Trinajstić information content (AvgIpc) is 2.72. The van der Waals surface area contributed by atoms with E-state index in [0.29, 0.717) is 23.8 Å². The van der Waals surface area contributed by atoms with E-state index in [1.54, 1.807) is 18.2 Å². The number of hydrogen-bond donors (Lipinski definition) is 1. The molecule has 1 aromatic heterocycles. The summed E-state index contributed by atoms with van der Waals surface area (Å²) in [5, 5.41) is 4.21. The first kappa shape index (κ1) is 10.6. The lowest BCUT2D eigenvalue weighted by Gasteiger charge is -2.05. The fourth-order valence-electron chi connectivity index (χ4n) is 1.45. The number of nitrogens with two attached hydrogens (primary N) is 1. The van der Waals surface area contributed by atoms with Crippen molar-refractivity contribution in [3.63, 3.8) is 0 Å². The Bertz CT molecular complexity index is 496. The van der Waals surface area contributed by atoms with Crippen molar-refractivity contribution in [1.82, 2.24) is 9.78 Å². The molecule has 0 radical (unpaired) electrons. The molecular formula is C11H12FN3O. The van der Waals surface area contributed by atoms with Gasteiger partial charge in [-0.1, -0.05) is 6.07 Å². The fraction of sp³-hybridized carbons (Fsp3) is 0.182. The smallest absolute Gasteiger partial charge is 0.216 e. The molecule has 0 bridgehead atoms. The Balaban J connectivity index is 2.50. The lowest BCUT2D eigenvalue weighted by molar-refractivity contribution is 0.383. The van der Waals surface area contributed by atoms with E-state index in [1.165, 1.54) is 23.9 Å². The van der Waals surface area contributed by atoms with Gasteiger partial charge in [0.2, 0.25) is 5.88 Å². The molecule has 2 aromatic rings. The van der Waals surface area contributed by atoms with Gasteiger partial charge >= 0.3 is 0 Å². The third-order valence-electron chi connectivity index (χ3n) is 2.20. The molecule has 16 heavy (non-hydrogen) atoms. The molecular weight excluding hydrogens is 209 g/mol. The summed E-state index contributed by atoms with van der Waals surface area (Å²) in [7, 11) is 1.53. The second-order valence-corrected chi connectivity index (χ2v) is 3.27. The number of ether oxygens (including phenoxy) is 1. The molecule has 0 atom stereocenters. The van der Waals surface area contributed by atoms with Crippen molar-refractivity contribution in [1.29, 1.82) is 0 Å². The summed E-state index contributed by atoms with van der Waals surface area (Å²) in [5.74, 6) is 0.218. The second-order valence-electron chi connectivity index (χ2n) is 3.27. The van der Waals surface area contributed by atoms with E-state index in [1.807, 2.05) is 0 Å². The highest BCUT2D eigenvalue weighted by Gasteiger charge is 2.09. The molecule has 1 aromatic carbocycles. The Morgan fingerprint density at radius 2 is 2.25 bits per heavy atom. The number of hydrogen-bond acceptors (Lipinski definition) is 3. The van der Waals surface area contributed by atoms with Crippen LogP contribution < -0.4 is 10.5 Å². The van der Waals surface area contributed by atoms with Gasteiger partial charge in [0.1, 0.15) is 5.82 Å². The summed E-state index contributed by atoms with van der Waals surface area (Å²) in [6.45, 7) is 0.318. The Labute approximate surface area is 92.4 Å². The average molecular weight is 221 g/mol. The van der Waals surface area contributed by atoms with Crippen molar-refractivity contribution in [2.75, 3.05) is 7.11 Å². The van der Waals surface area contributed by atoms with Gasteiger partial charge in [-0.15, -0.1) is 0 Å². The summed E-state index contributed by atoms with van der Waals surface area (Å²) in [4.78, 5) is 0. The molecule has 0 aliphatic heterocycles. The topological polar surface area (TPSA) is 53.1 Å². The van der Waals surface area contributed by atoms with Crippen LogP contribution in [0.3, 0.4) is 0 Å². The van der Waals surface area contributed by atoms with E-state index < -0.39 is 0 Å². The molecule has 5 heteroatoms. The molecule has 1 heterocycles. The van der Waals surface area contributed by atoms with Crippen molar-refractivity contribution in [2.24, 2.45) is 5.73 Å². The van der Waals surface area contributed by atoms with Crippen molar-refractivity contribution in [3.05, 3.63) is 41.8 Å². The fourth-order valence-corrected chi connectivity index (χ4v) is 1.45. The maximum Gasteiger partial charge on any atom is 0.216 e. The van der Waals surface area contributed by atoms with Gasteiger partial charge in [0.25, 0.3) is 0 Å². The zero-order valence-electron chi connectivity index (χ0n) is 8.85. The quantitative estimate of drug-likeness (QED) is 0.854. The SMILES string of the molecule is COc1cc(CN)nn1-c1cccc(F)c1. The number of methoxy groups -OCH3 is 1. The van der Waals surface area contributed by atoms with Crippen LogP contribution in [-0.4, -0.2) is 16.9 Å². The highest BCUT2D eigenvalue weighted by molar-refractivity contribution is 5.36. The molecule has 2 N–H and O–H groups in total. The first-order valence-corrected chi connectivity index (χ1v) is 4.83. The number of rotatable bonds is 3. The number of nitrogens with zero attached hydrogens (tertiary/aromatic N) is 2. The zero-order valence-corrected chi connectivity index (χ0v) is 8.85. The first-order valence-electron chi connectivity index (χ1n) is 4.83. The van der Waals surface area contributed by atoms with Crippen LogP contribution in [0, 0.1) is 5.82 Å². The van der Waals surface area contributed by atoms with E-state index in [2.05, 4.69) is 5.10 Å². The Hall–Kier alpha value is -1.88. The zero-order chi connectivity index (χ0) is 11.5. The van der Waals surface area contributed by atoms with Crippen LogP contribution in [0.25, 0.3) is 5.69 Å². The molecule has 0 saturated heterocycles. The third kappa shape index (κ3) is 1.90. The van der Waals surface area contributed by atoms with Crippen LogP contribution in [0.5, 0.6) is 5.88 Å². The molecule has 0 amide bonds. The van der Waals surface area contributed by atoms with Gasteiger partial charge in [0.05, 0.1) is 18.5 Å². The highest BCUT2D eigenvalue weighted by atomic mass is 19.1. The van der Waals surface area contributed by atoms with Crippen LogP contribution in [0.15, 0.2) is 30.3 Å². The Morgan fingerprint density at radius 1 is 1.44 bits per heavy atom. The van der Waals surface area contributed by atoms with Crippen LogP contribution in [0.2, 0.25) is 0 Å². The van der Waals surface area contributed by atoms with Crippen molar-refractivity contribution < 1.29 is 9.13 Å². The highest BCUT2D eigenvalue weighted by Crippen LogP contribution is 2.19. The summed E-state index contributed by atoms with van der Waals surface area (Å²) in [5.41, 5.74) is 6.79. The maximum atomic E-state index is 13.1. The largest absolute Gasteiger partial charge is 0.481 e. The second kappa shape index (κ2) is 4.32. The normalized spacial score (nSPS) is 10.4. The van der Waals surface area contributed by atoms with E-state index >= 15 is 0 Å². The molecule has 0 saturated carbocycles. The van der Waals surface area contributed by atoms with Gasteiger partial charge in [0.15, 0.2) is 0 Å². The predicted molar refractivity (Wildman–Crippen MR) is 58.0 cm³/mol. The van der Waals surface area contributed by atoms with E-state index in [0.717, 1.165) is 0 Å².